The number of nitrogens with one attached hydrogen (secondary N) is 1. The molecule has 0 heterocycles. The van der Waals surface area contributed by atoms with Crippen molar-refractivity contribution in [3.05, 3.63) is 34.9 Å². The summed E-state index contributed by atoms with van der Waals surface area (Å²) < 4.78 is 0. The second-order valence-electron chi connectivity index (χ2n) is 5.36. The highest BCUT2D eigenvalue weighted by Crippen LogP contribution is 2.10. The molecule has 0 saturated carbocycles. The summed E-state index contributed by atoms with van der Waals surface area (Å²) in [4.78, 5) is 11.7. The van der Waals surface area contributed by atoms with E-state index in [9.17, 15) is 4.79 Å². The molecule has 17 heavy (non-hydrogen) atoms. The molecule has 94 valence electrons. The van der Waals surface area contributed by atoms with Crippen LogP contribution in [-0.4, -0.2) is 18.0 Å². The Kier molecular flexibility index (Phi) is 4.29. The molecule has 0 fully saturated rings. The average molecular weight is 234 g/mol. The first-order valence-electron chi connectivity index (χ1n) is 5.90. The lowest BCUT2D eigenvalue weighted by Gasteiger charge is -2.18. The number of carbonyl (C=O) groups excluding carboxylic acids is 1. The van der Waals surface area contributed by atoms with Gasteiger partial charge in [0.15, 0.2) is 0 Å². The highest BCUT2D eigenvalue weighted by atomic mass is 16.1. The Morgan fingerprint density at radius 2 is 1.94 bits per heavy atom. The van der Waals surface area contributed by atoms with E-state index in [0.29, 0.717) is 13.0 Å². The number of benzene rings is 1. The molecule has 1 amide bonds. The Bertz CT molecular complexity index is 405. The average Bonchev–Trinajstić information content (AvgIpc) is 2.20. The molecule has 3 nitrogen and oxygen atoms in total. The summed E-state index contributed by atoms with van der Waals surface area (Å²) in [5.74, 6) is 0.0202. The van der Waals surface area contributed by atoms with Crippen LogP contribution >= 0.6 is 0 Å². The first-order chi connectivity index (χ1) is 7.78. The molecule has 0 bridgehead atoms. The Hall–Kier alpha value is -1.35. The third-order valence-corrected chi connectivity index (χ3v) is 2.68. The van der Waals surface area contributed by atoms with Crippen molar-refractivity contribution in [2.75, 3.05) is 6.54 Å². The molecule has 1 rings (SSSR count). The van der Waals surface area contributed by atoms with Crippen LogP contribution < -0.4 is 11.1 Å². The third-order valence-electron chi connectivity index (χ3n) is 2.68. The van der Waals surface area contributed by atoms with E-state index in [1.807, 2.05) is 26.0 Å². The quantitative estimate of drug-likeness (QED) is 0.833. The first-order valence-corrected chi connectivity index (χ1v) is 5.90. The van der Waals surface area contributed by atoms with Crippen LogP contribution in [0.25, 0.3) is 0 Å². The maximum absolute atomic E-state index is 11.7. The van der Waals surface area contributed by atoms with E-state index in [0.717, 1.165) is 5.56 Å². The topological polar surface area (TPSA) is 55.1 Å². The molecule has 1 aromatic carbocycles. The van der Waals surface area contributed by atoms with Crippen LogP contribution in [-0.2, 0) is 11.2 Å². The van der Waals surface area contributed by atoms with Gasteiger partial charge in [0, 0.05) is 12.1 Å². The van der Waals surface area contributed by atoms with Gasteiger partial charge < -0.3 is 11.1 Å². The van der Waals surface area contributed by atoms with Crippen LogP contribution in [0.5, 0.6) is 0 Å². The summed E-state index contributed by atoms with van der Waals surface area (Å²) in [6, 6.07) is 6.10. The zero-order chi connectivity index (χ0) is 13.1. The van der Waals surface area contributed by atoms with Crippen molar-refractivity contribution in [1.29, 1.82) is 0 Å². The van der Waals surface area contributed by atoms with Gasteiger partial charge in [0.1, 0.15) is 0 Å². The molecular weight excluding hydrogens is 212 g/mol. The summed E-state index contributed by atoms with van der Waals surface area (Å²) in [6.07, 6.45) is 0.414. The molecule has 0 atom stereocenters. The van der Waals surface area contributed by atoms with Crippen molar-refractivity contribution in [3.63, 3.8) is 0 Å². The van der Waals surface area contributed by atoms with E-state index >= 15 is 0 Å². The van der Waals surface area contributed by atoms with Crippen molar-refractivity contribution in [1.82, 2.24) is 5.32 Å². The Balaban J connectivity index is 2.54. The number of rotatable bonds is 4. The molecule has 1 aromatic rings. The van der Waals surface area contributed by atoms with E-state index in [2.05, 4.69) is 25.2 Å². The second-order valence-corrected chi connectivity index (χ2v) is 5.36. The predicted molar refractivity (Wildman–Crippen MR) is 70.9 cm³/mol. The predicted octanol–water partition coefficient (Wildman–Crippen LogP) is 1.70. The van der Waals surface area contributed by atoms with E-state index in [4.69, 9.17) is 5.73 Å². The number of carbonyl (C=O) groups is 1. The van der Waals surface area contributed by atoms with Crippen molar-refractivity contribution in [2.45, 2.75) is 39.7 Å². The molecule has 0 unspecified atom stereocenters. The van der Waals surface area contributed by atoms with Crippen molar-refractivity contribution < 1.29 is 4.79 Å². The Labute approximate surface area is 103 Å². The van der Waals surface area contributed by atoms with Gasteiger partial charge in [-0.15, -0.1) is 0 Å². The van der Waals surface area contributed by atoms with Gasteiger partial charge in [0.25, 0.3) is 0 Å². The van der Waals surface area contributed by atoms with Crippen LogP contribution in [0.2, 0.25) is 0 Å². The largest absolute Gasteiger partial charge is 0.354 e. The van der Waals surface area contributed by atoms with E-state index in [-0.39, 0.29) is 11.4 Å². The van der Waals surface area contributed by atoms with Gasteiger partial charge >= 0.3 is 0 Å². The van der Waals surface area contributed by atoms with Gasteiger partial charge in [0.05, 0.1) is 6.42 Å². The van der Waals surface area contributed by atoms with Crippen molar-refractivity contribution >= 4 is 5.91 Å². The Morgan fingerprint density at radius 1 is 1.29 bits per heavy atom. The SMILES string of the molecule is Cc1ccc(CC(=O)NCC(C)(C)N)cc1C. The standard InChI is InChI=1S/C14H22N2O/c1-10-5-6-12(7-11(10)2)8-13(17)16-9-14(3,4)15/h5-7H,8-9,15H2,1-4H3,(H,16,17). The fourth-order valence-electron chi connectivity index (χ4n) is 1.49. The lowest BCUT2D eigenvalue weighted by Crippen LogP contribution is -2.45. The third kappa shape index (κ3) is 5.00. The number of nitrogens with two attached hydrogens (primary N) is 1. The van der Waals surface area contributed by atoms with Gasteiger partial charge in [-0.05, 0) is 44.4 Å². The summed E-state index contributed by atoms with van der Waals surface area (Å²) in [5, 5.41) is 2.84. The van der Waals surface area contributed by atoms with E-state index < -0.39 is 0 Å². The van der Waals surface area contributed by atoms with Crippen molar-refractivity contribution in [2.24, 2.45) is 5.73 Å². The minimum atomic E-state index is -0.362. The lowest BCUT2D eigenvalue weighted by atomic mass is 10.0. The smallest absolute Gasteiger partial charge is 0.224 e. The number of aryl methyl sites for hydroxylation is 2. The van der Waals surface area contributed by atoms with E-state index in [1.54, 1.807) is 0 Å². The van der Waals surface area contributed by atoms with E-state index in [1.165, 1.54) is 11.1 Å². The number of hydrogen-bond acceptors (Lipinski definition) is 2. The number of hydrogen-bond donors (Lipinski definition) is 2. The molecule has 0 spiro atoms. The molecule has 3 heteroatoms. The highest BCUT2D eigenvalue weighted by molar-refractivity contribution is 5.78. The fourth-order valence-corrected chi connectivity index (χ4v) is 1.49. The van der Waals surface area contributed by atoms with Crippen LogP contribution in [0.3, 0.4) is 0 Å². The minimum Gasteiger partial charge on any atom is -0.354 e. The fraction of sp³-hybridized carbons (Fsp3) is 0.500. The van der Waals surface area contributed by atoms with Crippen LogP contribution in [0.4, 0.5) is 0 Å². The highest BCUT2D eigenvalue weighted by Gasteiger charge is 2.12. The van der Waals surface area contributed by atoms with Gasteiger partial charge in [-0.3, -0.25) is 4.79 Å². The first kappa shape index (κ1) is 13.7. The van der Waals surface area contributed by atoms with Crippen LogP contribution in [0, 0.1) is 13.8 Å². The summed E-state index contributed by atoms with van der Waals surface area (Å²) in [6.45, 7) is 8.40. The maximum atomic E-state index is 11.7. The monoisotopic (exact) mass is 234 g/mol. The minimum absolute atomic E-state index is 0.0202. The van der Waals surface area contributed by atoms with Crippen LogP contribution in [0.15, 0.2) is 18.2 Å². The zero-order valence-corrected chi connectivity index (χ0v) is 11.1. The molecular formula is C14H22N2O. The van der Waals surface area contributed by atoms with Crippen molar-refractivity contribution in [3.8, 4) is 0 Å². The normalized spacial score (nSPS) is 11.4. The summed E-state index contributed by atoms with van der Waals surface area (Å²) in [7, 11) is 0. The number of amides is 1. The van der Waals surface area contributed by atoms with Gasteiger partial charge in [-0.25, -0.2) is 0 Å². The van der Waals surface area contributed by atoms with Gasteiger partial charge in [-0.2, -0.15) is 0 Å². The Morgan fingerprint density at radius 3 is 2.47 bits per heavy atom. The second kappa shape index (κ2) is 5.32. The maximum Gasteiger partial charge on any atom is 0.224 e. The molecule has 0 radical (unpaired) electrons. The van der Waals surface area contributed by atoms with Crippen LogP contribution in [0.1, 0.15) is 30.5 Å². The van der Waals surface area contributed by atoms with Gasteiger partial charge in [0.2, 0.25) is 5.91 Å². The molecule has 3 N–H and O–H groups in total. The zero-order valence-electron chi connectivity index (χ0n) is 11.1. The molecule has 0 saturated heterocycles. The molecule has 0 aliphatic carbocycles. The summed E-state index contributed by atoms with van der Waals surface area (Å²) >= 11 is 0. The molecule has 0 aliphatic rings. The molecule has 0 aliphatic heterocycles. The lowest BCUT2D eigenvalue weighted by molar-refractivity contribution is -0.120. The molecule has 0 aromatic heterocycles. The summed E-state index contributed by atoms with van der Waals surface area (Å²) in [5.41, 5.74) is 8.95. The van der Waals surface area contributed by atoms with Gasteiger partial charge in [-0.1, -0.05) is 18.2 Å².